The van der Waals surface area contributed by atoms with Gasteiger partial charge in [0.25, 0.3) is 5.91 Å². The minimum atomic E-state index is -0.278. The van der Waals surface area contributed by atoms with Gasteiger partial charge in [-0.3, -0.25) is 9.59 Å². The monoisotopic (exact) mass is 473 g/mol. The van der Waals surface area contributed by atoms with E-state index in [1.807, 2.05) is 55.1 Å². The molecule has 2 amide bonds. The highest BCUT2D eigenvalue weighted by molar-refractivity contribution is 6.32. The van der Waals surface area contributed by atoms with Gasteiger partial charge in [-0.1, -0.05) is 29.3 Å². The van der Waals surface area contributed by atoms with Crippen LogP contribution in [-0.2, 0) is 16.1 Å². The van der Waals surface area contributed by atoms with Crippen molar-refractivity contribution in [1.82, 2.24) is 10.2 Å². The second-order valence-corrected chi connectivity index (χ2v) is 8.46. The summed E-state index contributed by atoms with van der Waals surface area (Å²) in [4.78, 5) is 25.9. The van der Waals surface area contributed by atoms with Gasteiger partial charge in [-0.15, -0.1) is 0 Å². The molecule has 2 aromatic carbocycles. The molecule has 0 aliphatic carbocycles. The molecule has 0 bridgehead atoms. The first-order chi connectivity index (χ1) is 16.0. The Morgan fingerprint density at radius 3 is 2.67 bits per heavy atom. The van der Waals surface area contributed by atoms with Crippen molar-refractivity contribution in [2.45, 2.75) is 39.7 Å². The highest BCUT2D eigenvalue weighted by Crippen LogP contribution is 2.36. The third kappa shape index (κ3) is 7.65. The van der Waals surface area contributed by atoms with Crippen LogP contribution < -0.4 is 20.1 Å². The van der Waals surface area contributed by atoms with E-state index < -0.39 is 0 Å². The first-order valence-electron chi connectivity index (χ1n) is 11.4. The molecule has 0 spiro atoms. The molecule has 1 heterocycles. The average Bonchev–Trinajstić information content (AvgIpc) is 3.19. The second-order valence-electron chi connectivity index (χ2n) is 8.06. The lowest BCUT2D eigenvalue weighted by atomic mass is 10.2. The molecule has 1 fully saturated rings. The quantitative estimate of drug-likeness (QED) is 0.452. The second kappa shape index (κ2) is 12.5. The van der Waals surface area contributed by atoms with E-state index in [1.54, 1.807) is 0 Å². The van der Waals surface area contributed by atoms with E-state index in [0.29, 0.717) is 41.8 Å². The van der Waals surface area contributed by atoms with Gasteiger partial charge in [0, 0.05) is 31.7 Å². The number of halogens is 1. The van der Waals surface area contributed by atoms with E-state index in [9.17, 15) is 9.59 Å². The number of amides is 2. The van der Waals surface area contributed by atoms with Gasteiger partial charge >= 0.3 is 0 Å². The topological polar surface area (TPSA) is 79.9 Å². The fourth-order valence-corrected chi connectivity index (χ4v) is 3.95. The number of rotatable bonds is 12. The number of ether oxygens (including phenoxy) is 2. The highest BCUT2D eigenvalue weighted by Gasteiger charge is 2.19. The van der Waals surface area contributed by atoms with Crippen LogP contribution in [0, 0.1) is 6.92 Å². The van der Waals surface area contributed by atoms with E-state index in [0.717, 1.165) is 43.6 Å². The zero-order valence-electron chi connectivity index (χ0n) is 19.3. The van der Waals surface area contributed by atoms with Gasteiger partial charge in [0.2, 0.25) is 5.91 Å². The lowest BCUT2D eigenvalue weighted by molar-refractivity contribution is -0.127. The molecule has 1 aliphatic heterocycles. The normalized spacial score (nSPS) is 13.3. The lowest BCUT2D eigenvalue weighted by Crippen LogP contribution is -2.28. The third-order valence-electron chi connectivity index (χ3n) is 5.33. The summed E-state index contributed by atoms with van der Waals surface area (Å²) in [5.74, 6) is 0.840. The van der Waals surface area contributed by atoms with Gasteiger partial charge < -0.3 is 25.0 Å². The summed E-state index contributed by atoms with van der Waals surface area (Å²) in [6, 6.07) is 11.2. The molecule has 3 rings (SSSR count). The molecule has 0 unspecified atom stereocenters. The van der Waals surface area contributed by atoms with Crippen LogP contribution in [-0.4, -0.2) is 49.6 Å². The van der Waals surface area contributed by atoms with Gasteiger partial charge in [0.05, 0.1) is 11.6 Å². The van der Waals surface area contributed by atoms with E-state index in [2.05, 4.69) is 10.6 Å². The summed E-state index contributed by atoms with van der Waals surface area (Å²) in [5, 5.41) is 6.58. The summed E-state index contributed by atoms with van der Waals surface area (Å²) in [6.07, 6.45) is 2.54. The van der Waals surface area contributed by atoms with E-state index in [1.165, 1.54) is 0 Å². The molecule has 0 atom stereocenters. The highest BCUT2D eigenvalue weighted by atomic mass is 35.5. The molecule has 1 aliphatic rings. The third-order valence-corrected chi connectivity index (χ3v) is 5.61. The molecule has 7 nitrogen and oxygen atoms in total. The molecule has 178 valence electrons. The standard InChI is InChI=1S/C25H32ClN3O4/c1-3-32-22-15-19(16-27-11-5-13-29-12-4-6-24(29)31)14-21(26)25(22)33-17-23(30)28-20-9-7-18(2)8-10-20/h7-10,14-15,27H,3-6,11-13,16-17H2,1-2H3,(H,28,30). The summed E-state index contributed by atoms with van der Waals surface area (Å²) in [7, 11) is 0. The minimum Gasteiger partial charge on any atom is -0.490 e. The summed E-state index contributed by atoms with van der Waals surface area (Å²) in [6.45, 7) is 7.20. The number of nitrogens with one attached hydrogen (secondary N) is 2. The molecule has 2 aromatic rings. The molecule has 2 N–H and O–H groups in total. The van der Waals surface area contributed by atoms with E-state index in [-0.39, 0.29) is 18.4 Å². The predicted molar refractivity (Wildman–Crippen MR) is 130 cm³/mol. The van der Waals surface area contributed by atoms with Crippen molar-refractivity contribution in [3.63, 3.8) is 0 Å². The molecule has 0 aromatic heterocycles. The summed E-state index contributed by atoms with van der Waals surface area (Å²) in [5.41, 5.74) is 2.78. The minimum absolute atomic E-state index is 0.180. The molecule has 0 saturated carbocycles. The molecule has 0 radical (unpaired) electrons. The van der Waals surface area contributed by atoms with Crippen LogP contribution in [0.15, 0.2) is 36.4 Å². The fourth-order valence-electron chi connectivity index (χ4n) is 3.67. The first kappa shape index (κ1) is 24.9. The number of anilines is 1. The van der Waals surface area contributed by atoms with Gasteiger partial charge in [-0.2, -0.15) is 0 Å². The number of nitrogens with zero attached hydrogens (tertiary/aromatic N) is 1. The van der Waals surface area contributed by atoms with Gasteiger partial charge in [0.15, 0.2) is 18.1 Å². The number of benzene rings is 2. The number of carbonyl (C=O) groups is 2. The van der Waals surface area contributed by atoms with Crippen LogP contribution in [0.1, 0.15) is 37.3 Å². The van der Waals surface area contributed by atoms with Crippen LogP contribution in [0.4, 0.5) is 5.69 Å². The SMILES string of the molecule is CCOc1cc(CNCCCN2CCCC2=O)cc(Cl)c1OCC(=O)Nc1ccc(C)cc1. The number of hydrogen-bond donors (Lipinski definition) is 2. The summed E-state index contributed by atoms with van der Waals surface area (Å²) < 4.78 is 11.4. The maximum atomic E-state index is 12.3. The maximum absolute atomic E-state index is 12.3. The zero-order valence-corrected chi connectivity index (χ0v) is 20.0. The fraction of sp³-hybridized carbons (Fsp3) is 0.440. The molecule has 33 heavy (non-hydrogen) atoms. The number of carbonyl (C=O) groups excluding carboxylic acids is 2. The molecular weight excluding hydrogens is 442 g/mol. The van der Waals surface area contributed by atoms with Crippen LogP contribution in [0.5, 0.6) is 11.5 Å². The average molecular weight is 474 g/mol. The van der Waals surface area contributed by atoms with Crippen molar-refractivity contribution < 1.29 is 19.1 Å². The molecule has 1 saturated heterocycles. The number of aryl methyl sites for hydroxylation is 1. The van der Waals surface area contributed by atoms with Crippen LogP contribution in [0.25, 0.3) is 0 Å². The number of hydrogen-bond acceptors (Lipinski definition) is 5. The van der Waals surface area contributed by atoms with Crippen molar-refractivity contribution in [2.75, 3.05) is 38.2 Å². The maximum Gasteiger partial charge on any atom is 0.262 e. The van der Waals surface area contributed by atoms with E-state index >= 15 is 0 Å². The Balaban J connectivity index is 1.51. The summed E-state index contributed by atoms with van der Waals surface area (Å²) >= 11 is 6.46. The van der Waals surface area contributed by atoms with Crippen molar-refractivity contribution in [3.05, 3.63) is 52.5 Å². The largest absolute Gasteiger partial charge is 0.490 e. The van der Waals surface area contributed by atoms with Gasteiger partial charge in [-0.25, -0.2) is 0 Å². The predicted octanol–water partition coefficient (Wildman–Crippen LogP) is 4.17. The Hall–Kier alpha value is -2.77. The van der Waals surface area contributed by atoms with Gasteiger partial charge in [0.1, 0.15) is 0 Å². The van der Waals surface area contributed by atoms with Crippen molar-refractivity contribution in [1.29, 1.82) is 0 Å². The Labute approximate surface area is 200 Å². The Bertz CT molecular complexity index is 949. The first-order valence-corrected chi connectivity index (χ1v) is 11.8. The number of likely N-dealkylation sites (tertiary alicyclic amines) is 1. The van der Waals surface area contributed by atoms with E-state index in [4.69, 9.17) is 21.1 Å². The molecular formula is C25H32ClN3O4. The zero-order chi connectivity index (χ0) is 23.6. The molecule has 8 heteroatoms. The Morgan fingerprint density at radius 2 is 1.97 bits per heavy atom. The van der Waals surface area contributed by atoms with Crippen LogP contribution in [0.2, 0.25) is 5.02 Å². The van der Waals surface area contributed by atoms with Crippen molar-refractivity contribution in [2.24, 2.45) is 0 Å². The smallest absolute Gasteiger partial charge is 0.262 e. The van der Waals surface area contributed by atoms with Crippen molar-refractivity contribution >= 4 is 29.1 Å². The Kier molecular flexibility index (Phi) is 9.39. The van der Waals surface area contributed by atoms with Crippen LogP contribution in [0.3, 0.4) is 0 Å². The lowest BCUT2D eigenvalue weighted by Gasteiger charge is -2.17. The van der Waals surface area contributed by atoms with Gasteiger partial charge in [-0.05, 0) is 63.1 Å². The Morgan fingerprint density at radius 1 is 1.18 bits per heavy atom. The van der Waals surface area contributed by atoms with Crippen LogP contribution >= 0.6 is 11.6 Å². The van der Waals surface area contributed by atoms with Crippen molar-refractivity contribution in [3.8, 4) is 11.5 Å².